The molecule has 1 unspecified atom stereocenters. The van der Waals surface area contributed by atoms with E-state index >= 15 is 0 Å². The highest BCUT2D eigenvalue weighted by Crippen LogP contribution is 2.15. The highest BCUT2D eigenvalue weighted by Gasteiger charge is 2.32. The lowest BCUT2D eigenvalue weighted by atomic mass is 9.98. The van der Waals surface area contributed by atoms with Crippen LogP contribution in [-0.4, -0.2) is 55.7 Å². The minimum absolute atomic E-state index is 0.0229. The Labute approximate surface area is 107 Å². The molecule has 6 nitrogen and oxygen atoms in total. The van der Waals surface area contributed by atoms with Gasteiger partial charge in [0.2, 0.25) is 5.91 Å². The zero-order valence-electron chi connectivity index (χ0n) is 10.8. The molecule has 1 atom stereocenters. The van der Waals surface area contributed by atoms with Crippen molar-refractivity contribution in [1.29, 1.82) is 0 Å². The van der Waals surface area contributed by atoms with E-state index in [2.05, 4.69) is 10.6 Å². The van der Waals surface area contributed by atoms with Gasteiger partial charge < -0.3 is 20.3 Å². The average Bonchev–Trinajstić information content (AvgIpc) is 2.27. The van der Waals surface area contributed by atoms with Gasteiger partial charge in [0.05, 0.1) is 12.5 Å². The van der Waals surface area contributed by atoms with Crippen LogP contribution in [0.25, 0.3) is 0 Å². The third-order valence-electron chi connectivity index (χ3n) is 3.46. The fraction of sp³-hybridized carbons (Fsp3) is 0.833. The van der Waals surface area contributed by atoms with Gasteiger partial charge in [-0.3, -0.25) is 4.79 Å². The van der Waals surface area contributed by atoms with Crippen LogP contribution in [0.4, 0.5) is 4.79 Å². The second-order valence-corrected chi connectivity index (χ2v) is 4.84. The molecule has 0 radical (unpaired) electrons. The number of nitrogens with zero attached hydrogens (tertiary/aromatic N) is 1. The molecule has 0 aromatic carbocycles. The topological polar surface area (TPSA) is 70.7 Å². The van der Waals surface area contributed by atoms with Crippen LogP contribution in [0.15, 0.2) is 0 Å². The summed E-state index contributed by atoms with van der Waals surface area (Å²) in [5.41, 5.74) is 0. The van der Waals surface area contributed by atoms with Crippen LogP contribution in [0, 0.1) is 5.92 Å². The summed E-state index contributed by atoms with van der Waals surface area (Å²) < 4.78 is 4.86. The van der Waals surface area contributed by atoms with Crippen molar-refractivity contribution in [2.24, 2.45) is 5.92 Å². The number of nitrogens with one attached hydrogen (secondary N) is 2. The molecule has 0 aliphatic carbocycles. The van der Waals surface area contributed by atoms with E-state index in [4.69, 9.17) is 4.74 Å². The maximum atomic E-state index is 12.1. The smallest absolute Gasteiger partial charge is 0.407 e. The van der Waals surface area contributed by atoms with Crippen LogP contribution in [0.2, 0.25) is 0 Å². The third kappa shape index (κ3) is 3.13. The van der Waals surface area contributed by atoms with Crippen molar-refractivity contribution in [3.05, 3.63) is 0 Å². The second kappa shape index (κ2) is 6.04. The summed E-state index contributed by atoms with van der Waals surface area (Å²) in [6, 6.07) is 0.0229. The first-order valence-electron chi connectivity index (χ1n) is 6.63. The Morgan fingerprint density at radius 3 is 2.83 bits per heavy atom. The molecule has 0 bridgehead atoms. The van der Waals surface area contributed by atoms with Crippen molar-refractivity contribution in [2.45, 2.75) is 25.8 Å². The van der Waals surface area contributed by atoms with E-state index in [-0.39, 0.29) is 24.0 Å². The minimum atomic E-state index is -0.387. The number of ether oxygens (including phenoxy) is 1. The molecule has 2 rings (SSSR count). The zero-order valence-corrected chi connectivity index (χ0v) is 10.8. The fourth-order valence-electron chi connectivity index (χ4n) is 2.36. The molecule has 2 N–H and O–H groups in total. The largest absolute Gasteiger partial charge is 0.450 e. The molecule has 102 valence electrons. The number of amides is 2. The van der Waals surface area contributed by atoms with Crippen molar-refractivity contribution in [3.8, 4) is 0 Å². The molecule has 2 saturated heterocycles. The average molecular weight is 255 g/mol. The summed E-state index contributed by atoms with van der Waals surface area (Å²) in [6.07, 6.45) is 1.45. The van der Waals surface area contributed by atoms with E-state index in [9.17, 15) is 9.59 Å². The van der Waals surface area contributed by atoms with Gasteiger partial charge in [-0.2, -0.15) is 0 Å². The Bertz CT molecular complexity index is 318. The van der Waals surface area contributed by atoms with Crippen molar-refractivity contribution in [2.75, 3.05) is 32.8 Å². The van der Waals surface area contributed by atoms with Gasteiger partial charge >= 0.3 is 6.09 Å². The number of hydrogen-bond donors (Lipinski definition) is 2. The lowest BCUT2D eigenvalue weighted by Gasteiger charge is -2.37. The lowest BCUT2D eigenvalue weighted by molar-refractivity contribution is -0.138. The molecule has 0 aromatic rings. The third-order valence-corrected chi connectivity index (χ3v) is 3.46. The summed E-state index contributed by atoms with van der Waals surface area (Å²) in [7, 11) is 0. The number of piperidine rings is 1. The van der Waals surface area contributed by atoms with Crippen LogP contribution in [0.5, 0.6) is 0 Å². The van der Waals surface area contributed by atoms with E-state index in [1.54, 1.807) is 6.92 Å². The Morgan fingerprint density at radius 1 is 1.44 bits per heavy atom. The van der Waals surface area contributed by atoms with E-state index in [0.29, 0.717) is 13.2 Å². The Kier molecular flexibility index (Phi) is 4.41. The highest BCUT2D eigenvalue weighted by atomic mass is 16.5. The van der Waals surface area contributed by atoms with Gasteiger partial charge in [-0.1, -0.05) is 0 Å². The van der Waals surface area contributed by atoms with Crippen LogP contribution >= 0.6 is 0 Å². The number of carbonyl (C=O) groups is 2. The predicted molar refractivity (Wildman–Crippen MR) is 66.1 cm³/mol. The zero-order chi connectivity index (χ0) is 13.0. The first kappa shape index (κ1) is 13.1. The molecule has 6 heteroatoms. The van der Waals surface area contributed by atoms with Gasteiger partial charge in [0, 0.05) is 32.2 Å². The quantitative estimate of drug-likeness (QED) is 0.741. The first-order valence-corrected chi connectivity index (χ1v) is 6.63. The number of likely N-dealkylation sites (tertiary alicyclic amines) is 1. The fourth-order valence-corrected chi connectivity index (χ4v) is 2.36. The molecule has 2 fully saturated rings. The molecule has 2 heterocycles. The molecule has 0 saturated carbocycles. The predicted octanol–water partition coefficient (Wildman–Crippen LogP) is -0.0571. The van der Waals surface area contributed by atoms with Crippen LogP contribution < -0.4 is 10.6 Å². The van der Waals surface area contributed by atoms with E-state index < -0.39 is 0 Å². The molecule has 2 aliphatic heterocycles. The Hall–Kier alpha value is -1.30. The van der Waals surface area contributed by atoms with Crippen molar-refractivity contribution in [1.82, 2.24) is 15.5 Å². The highest BCUT2D eigenvalue weighted by molar-refractivity contribution is 5.80. The maximum absolute atomic E-state index is 12.1. The first-order chi connectivity index (χ1) is 8.70. The monoisotopic (exact) mass is 255 g/mol. The SMILES string of the molecule is CCOC(=O)NC1CCCN(C(=O)C2CNC2)C1. The van der Waals surface area contributed by atoms with E-state index in [1.165, 1.54) is 0 Å². The lowest BCUT2D eigenvalue weighted by Crippen LogP contribution is -2.56. The molecular formula is C12H21N3O3. The van der Waals surface area contributed by atoms with Gasteiger partial charge in [-0.25, -0.2) is 4.79 Å². The van der Waals surface area contributed by atoms with Gasteiger partial charge in [0.15, 0.2) is 0 Å². The summed E-state index contributed by atoms with van der Waals surface area (Å²) in [5.74, 6) is 0.343. The number of rotatable bonds is 3. The summed E-state index contributed by atoms with van der Waals surface area (Å²) >= 11 is 0. The second-order valence-electron chi connectivity index (χ2n) is 4.84. The van der Waals surface area contributed by atoms with Crippen LogP contribution in [0.1, 0.15) is 19.8 Å². The summed E-state index contributed by atoms with van der Waals surface area (Å²) in [5, 5.41) is 5.91. The van der Waals surface area contributed by atoms with Crippen molar-refractivity contribution in [3.63, 3.8) is 0 Å². The standard InChI is InChI=1S/C12H21N3O3/c1-2-18-12(17)14-10-4-3-5-15(8-10)11(16)9-6-13-7-9/h9-10,13H,2-8H2,1H3,(H,14,17). The summed E-state index contributed by atoms with van der Waals surface area (Å²) in [6.45, 7) is 5.12. The maximum Gasteiger partial charge on any atom is 0.407 e. The van der Waals surface area contributed by atoms with Gasteiger partial charge in [-0.15, -0.1) is 0 Å². The molecular weight excluding hydrogens is 234 g/mol. The Balaban J connectivity index is 1.80. The molecule has 2 aliphatic rings. The van der Waals surface area contributed by atoms with Gasteiger partial charge in [-0.05, 0) is 19.8 Å². The molecule has 0 spiro atoms. The summed E-state index contributed by atoms with van der Waals surface area (Å²) in [4.78, 5) is 25.3. The number of hydrogen-bond acceptors (Lipinski definition) is 4. The van der Waals surface area contributed by atoms with Crippen LogP contribution in [0.3, 0.4) is 0 Å². The Morgan fingerprint density at radius 2 is 2.22 bits per heavy atom. The van der Waals surface area contributed by atoms with Gasteiger partial charge in [0.1, 0.15) is 0 Å². The van der Waals surface area contributed by atoms with E-state index in [1.807, 2.05) is 4.90 Å². The molecule has 18 heavy (non-hydrogen) atoms. The number of alkyl carbamates (subject to hydrolysis) is 1. The van der Waals surface area contributed by atoms with Gasteiger partial charge in [0.25, 0.3) is 0 Å². The molecule has 2 amide bonds. The normalized spacial score (nSPS) is 24.3. The van der Waals surface area contributed by atoms with Crippen molar-refractivity contribution < 1.29 is 14.3 Å². The molecule has 0 aromatic heterocycles. The van der Waals surface area contributed by atoms with E-state index in [0.717, 1.165) is 32.5 Å². The van der Waals surface area contributed by atoms with Crippen molar-refractivity contribution >= 4 is 12.0 Å². The minimum Gasteiger partial charge on any atom is -0.450 e. The number of carbonyl (C=O) groups excluding carboxylic acids is 2. The van der Waals surface area contributed by atoms with Crippen LogP contribution in [-0.2, 0) is 9.53 Å².